The van der Waals surface area contributed by atoms with E-state index >= 15 is 0 Å². The van der Waals surface area contributed by atoms with Gasteiger partial charge in [-0.15, -0.1) is 0 Å². The summed E-state index contributed by atoms with van der Waals surface area (Å²) in [7, 11) is -2.13. The van der Waals surface area contributed by atoms with E-state index < -0.39 is 22.5 Å². The van der Waals surface area contributed by atoms with Crippen LogP contribution in [-0.2, 0) is 14.8 Å². The van der Waals surface area contributed by atoms with Crippen molar-refractivity contribution in [3.8, 4) is 5.75 Å². The SMILES string of the molecule is COc1ccc(/C=N\NC(=O)CN(c2ccccc2Cl)S(C)(=O)=O)cc1. The molecule has 2 aromatic carbocycles. The quantitative estimate of drug-likeness (QED) is 0.575. The molecular formula is C17H18ClN3O4S. The van der Waals surface area contributed by atoms with E-state index in [2.05, 4.69) is 10.5 Å². The van der Waals surface area contributed by atoms with Crippen molar-refractivity contribution in [2.75, 3.05) is 24.2 Å². The molecule has 0 spiro atoms. The number of anilines is 1. The Morgan fingerprint density at radius 3 is 2.46 bits per heavy atom. The number of carbonyl (C=O) groups excluding carboxylic acids is 1. The smallest absolute Gasteiger partial charge is 0.260 e. The Hall–Kier alpha value is -2.58. The topological polar surface area (TPSA) is 88.1 Å². The molecule has 0 aliphatic carbocycles. The number of methoxy groups -OCH3 is 1. The van der Waals surface area contributed by atoms with Gasteiger partial charge in [-0.2, -0.15) is 5.10 Å². The number of amides is 1. The lowest BCUT2D eigenvalue weighted by molar-refractivity contribution is -0.119. The highest BCUT2D eigenvalue weighted by atomic mass is 35.5. The van der Waals surface area contributed by atoms with Crippen molar-refractivity contribution < 1.29 is 17.9 Å². The summed E-state index contributed by atoms with van der Waals surface area (Å²) in [4.78, 5) is 12.1. The molecular weight excluding hydrogens is 378 g/mol. The highest BCUT2D eigenvalue weighted by molar-refractivity contribution is 7.92. The predicted molar refractivity (Wildman–Crippen MR) is 102 cm³/mol. The van der Waals surface area contributed by atoms with Crippen LogP contribution in [0.15, 0.2) is 53.6 Å². The van der Waals surface area contributed by atoms with Crippen molar-refractivity contribution in [2.45, 2.75) is 0 Å². The lowest BCUT2D eigenvalue weighted by Crippen LogP contribution is -2.39. The van der Waals surface area contributed by atoms with E-state index in [9.17, 15) is 13.2 Å². The molecule has 0 heterocycles. The molecule has 0 aromatic heterocycles. The van der Waals surface area contributed by atoms with Gasteiger partial charge >= 0.3 is 0 Å². The van der Waals surface area contributed by atoms with E-state index in [-0.39, 0.29) is 10.7 Å². The zero-order valence-corrected chi connectivity index (χ0v) is 15.8. The Morgan fingerprint density at radius 1 is 1.23 bits per heavy atom. The van der Waals surface area contributed by atoms with Gasteiger partial charge in [0.1, 0.15) is 12.3 Å². The number of nitrogens with one attached hydrogen (secondary N) is 1. The maximum atomic E-state index is 12.1. The summed E-state index contributed by atoms with van der Waals surface area (Å²) in [6.07, 6.45) is 2.45. The minimum absolute atomic E-state index is 0.228. The van der Waals surface area contributed by atoms with Crippen molar-refractivity contribution >= 4 is 39.4 Å². The van der Waals surface area contributed by atoms with Crippen LogP contribution in [0.4, 0.5) is 5.69 Å². The molecule has 0 unspecified atom stereocenters. The lowest BCUT2D eigenvalue weighted by atomic mass is 10.2. The summed E-state index contributed by atoms with van der Waals surface area (Å²) in [5, 5.41) is 4.06. The molecule has 0 bridgehead atoms. The zero-order chi connectivity index (χ0) is 19.2. The van der Waals surface area contributed by atoms with Crippen LogP contribution in [0, 0.1) is 0 Å². The first-order valence-electron chi connectivity index (χ1n) is 7.49. The van der Waals surface area contributed by atoms with Gasteiger partial charge in [0.2, 0.25) is 10.0 Å². The predicted octanol–water partition coefficient (Wildman–Crippen LogP) is 2.26. The van der Waals surface area contributed by atoms with Crippen molar-refractivity contribution in [3.63, 3.8) is 0 Å². The first-order chi connectivity index (χ1) is 12.3. The third-order valence-electron chi connectivity index (χ3n) is 3.33. The highest BCUT2D eigenvalue weighted by Crippen LogP contribution is 2.26. The summed E-state index contributed by atoms with van der Waals surface area (Å²) < 4.78 is 30.0. The average molecular weight is 396 g/mol. The average Bonchev–Trinajstić information content (AvgIpc) is 2.60. The lowest BCUT2D eigenvalue weighted by Gasteiger charge is -2.22. The summed E-state index contributed by atoms with van der Waals surface area (Å²) in [5.74, 6) is 0.106. The number of benzene rings is 2. The largest absolute Gasteiger partial charge is 0.497 e. The number of hydrogen-bond donors (Lipinski definition) is 1. The first-order valence-corrected chi connectivity index (χ1v) is 9.72. The highest BCUT2D eigenvalue weighted by Gasteiger charge is 2.22. The van der Waals surface area contributed by atoms with Crippen LogP contribution in [0.5, 0.6) is 5.75 Å². The van der Waals surface area contributed by atoms with Crippen LogP contribution in [0.25, 0.3) is 0 Å². The van der Waals surface area contributed by atoms with Crippen LogP contribution >= 0.6 is 11.6 Å². The molecule has 138 valence electrons. The van der Waals surface area contributed by atoms with Crippen LogP contribution < -0.4 is 14.5 Å². The molecule has 7 nitrogen and oxygen atoms in total. The Balaban J connectivity index is 2.05. The summed E-state index contributed by atoms with van der Waals surface area (Å²) in [6.45, 7) is -0.442. The molecule has 0 fully saturated rings. The van der Waals surface area contributed by atoms with Gasteiger partial charge in [-0.1, -0.05) is 23.7 Å². The second-order valence-corrected chi connectivity index (χ2v) is 7.60. The summed E-state index contributed by atoms with van der Waals surface area (Å²) >= 11 is 6.04. The van der Waals surface area contributed by atoms with E-state index in [0.717, 1.165) is 16.1 Å². The Morgan fingerprint density at radius 2 is 1.88 bits per heavy atom. The Bertz CT molecular complexity index is 898. The van der Waals surface area contributed by atoms with Gasteiger partial charge in [0, 0.05) is 0 Å². The maximum absolute atomic E-state index is 12.1. The fourth-order valence-corrected chi connectivity index (χ4v) is 3.23. The van der Waals surface area contributed by atoms with E-state index in [1.54, 1.807) is 49.6 Å². The van der Waals surface area contributed by atoms with Crippen molar-refractivity contribution in [2.24, 2.45) is 5.10 Å². The van der Waals surface area contributed by atoms with Gasteiger partial charge in [0.15, 0.2) is 0 Å². The Labute approximate surface area is 157 Å². The van der Waals surface area contributed by atoms with Crippen molar-refractivity contribution in [3.05, 3.63) is 59.1 Å². The third kappa shape index (κ3) is 5.47. The van der Waals surface area contributed by atoms with Gasteiger partial charge < -0.3 is 4.74 Å². The second-order valence-electron chi connectivity index (χ2n) is 5.29. The molecule has 0 aliphatic rings. The number of hydrogen-bond acceptors (Lipinski definition) is 5. The molecule has 0 radical (unpaired) electrons. The van der Waals surface area contributed by atoms with Gasteiger partial charge in [-0.05, 0) is 42.0 Å². The molecule has 0 saturated heterocycles. The van der Waals surface area contributed by atoms with Crippen LogP contribution in [-0.4, -0.2) is 40.4 Å². The van der Waals surface area contributed by atoms with Crippen molar-refractivity contribution in [1.29, 1.82) is 0 Å². The third-order valence-corrected chi connectivity index (χ3v) is 4.77. The molecule has 0 atom stereocenters. The number of nitrogens with zero attached hydrogens (tertiary/aromatic N) is 2. The molecule has 26 heavy (non-hydrogen) atoms. The van der Waals surface area contributed by atoms with Crippen molar-refractivity contribution in [1.82, 2.24) is 5.43 Å². The Kier molecular flexibility index (Phi) is 6.59. The zero-order valence-electron chi connectivity index (χ0n) is 14.2. The molecule has 1 amide bonds. The minimum Gasteiger partial charge on any atom is -0.497 e. The number of sulfonamides is 1. The van der Waals surface area contributed by atoms with Crippen LogP contribution in [0.1, 0.15) is 5.56 Å². The van der Waals surface area contributed by atoms with E-state index in [0.29, 0.717) is 5.75 Å². The number of halogens is 1. The number of ether oxygens (including phenoxy) is 1. The molecule has 2 rings (SSSR count). The van der Waals surface area contributed by atoms with Crippen LogP contribution in [0.2, 0.25) is 5.02 Å². The fourth-order valence-electron chi connectivity index (χ4n) is 2.07. The molecule has 9 heteroatoms. The number of hydrazone groups is 1. The molecule has 1 N–H and O–H groups in total. The maximum Gasteiger partial charge on any atom is 0.260 e. The second kappa shape index (κ2) is 8.68. The number of para-hydroxylation sites is 1. The fraction of sp³-hybridized carbons (Fsp3) is 0.176. The van der Waals surface area contributed by atoms with Gasteiger partial charge in [0.05, 0.1) is 30.3 Å². The molecule has 2 aromatic rings. The minimum atomic E-state index is -3.70. The molecule has 0 saturated carbocycles. The van der Waals surface area contributed by atoms with Gasteiger partial charge in [-0.25, -0.2) is 13.8 Å². The number of rotatable bonds is 7. The normalized spacial score (nSPS) is 11.3. The summed E-state index contributed by atoms with van der Waals surface area (Å²) in [5.41, 5.74) is 3.28. The monoisotopic (exact) mass is 395 g/mol. The summed E-state index contributed by atoms with van der Waals surface area (Å²) in [6, 6.07) is 13.4. The number of carbonyl (C=O) groups is 1. The molecule has 0 aliphatic heterocycles. The van der Waals surface area contributed by atoms with E-state index in [1.165, 1.54) is 12.3 Å². The van der Waals surface area contributed by atoms with Gasteiger partial charge in [-0.3, -0.25) is 9.10 Å². The van der Waals surface area contributed by atoms with Gasteiger partial charge in [0.25, 0.3) is 5.91 Å². The van der Waals surface area contributed by atoms with Crippen LogP contribution in [0.3, 0.4) is 0 Å². The first kappa shape index (κ1) is 19.7. The van der Waals surface area contributed by atoms with E-state index in [1.807, 2.05) is 0 Å². The standard InChI is InChI=1S/C17H18ClN3O4S/c1-25-14-9-7-13(8-10-14)11-19-20-17(22)12-21(26(2,23)24)16-6-4-3-5-15(16)18/h3-11H,12H2,1-2H3,(H,20,22)/b19-11-. The van der Waals surface area contributed by atoms with E-state index in [4.69, 9.17) is 16.3 Å².